The molecule has 0 radical (unpaired) electrons. The Balaban J connectivity index is 3.63. The summed E-state index contributed by atoms with van der Waals surface area (Å²) < 4.78 is 10.5. The van der Waals surface area contributed by atoms with Crippen LogP contribution in [0.5, 0.6) is 0 Å². The Morgan fingerprint density at radius 1 is 1.05 bits per heavy atom. The third-order valence-electron chi connectivity index (χ3n) is 3.04. The molecule has 0 bridgehead atoms. The lowest BCUT2D eigenvalue weighted by molar-refractivity contribution is -0.152. The van der Waals surface area contributed by atoms with Crippen LogP contribution in [-0.2, 0) is 14.3 Å². The van der Waals surface area contributed by atoms with Crippen LogP contribution in [0.4, 0.5) is 0 Å². The van der Waals surface area contributed by atoms with Gasteiger partial charge in [0.2, 0.25) is 0 Å². The minimum Gasteiger partial charge on any atom is -0.463 e. The Morgan fingerprint density at radius 3 is 2.26 bits per heavy atom. The summed E-state index contributed by atoms with van der Waals surface area (Å²) in [6.45, 7) is 9.04. The lowest BCUT2D eigenvalue weighted by Crippen LogP contribution is -2.26. The molecule has 0 aromatic rings. The number of esters is 1. The third-order valence-corrected chi connectivity index (χ3v) is 3.04. The molecule has 0 heterocycles. The van der Waals surface area contributed by atoms with Crippen molar-refractivity contribution in [3.63, 3.8) is 0 Å². The first kappa shape index (κ1) is 18.4. The van der Waals surface area contributed by atoms with Crippen LogP contribution in [0, 0.1) is 11.8 Å². The highest BCUT2D eigenvalue weighted by molar-refractivity contribution is 5.71. The van der Waals surface area contributed by atoms with E-state index in [1.165, 1.54) is 0 Å². The Hall–Kier alpha value is -0.610. The highest BCUT2D eigenvalue weighted by Gasteiger charge is 2.15. The van der Waals surface area contributed by atoms with Gasteiger partial charge in [-0.25, -0.2) is 0 Å². The van der Waals surface area contributed by atoms with Crippen LogP contribution in [0.1, 0.15) is 53.4 Å². The lowest BCUT2D eigenvalue weighted by atomic mass is 10.1. The van der Waals surface area contributed by atoms with E-state index in [-0.39, 0.29) is 25.1 Å². The third kappa shape index (κ3) is 9.91. The van der Waals surface area contributed by atoms with Gasteiger partial charge in [0.15, 0.2) is 0 Å². The van der Waals surface area contributed by atoms with Crippen LogP contribution in [-0.4, -0.2) is 37.0 Å². The van der Waals surface area contributed by atoms with Gasteiger partial charge in [0.25, 0.3) is 0 Å². The predicted molar refractivity (Wildman–Crippen MR) is 75.9 cm³/mol. The molecule has 0 fully saturated rings. The topological polar surface area (TPSA) is 55.8 Å². The maximum atomic E-state index is 11.5. The van der Waals surface area contributed by atoms with E-state index in [1.54, 1.807) is 0 Å². The quantitative estimate of drug-likeness (QED) is 0.589. The minimum atomic E-state index is -0.730. The Bertz CT molecular complexity index is 230. The number of ether oxygens (including phenoxy) is 2. The van der Waals surface area contributed by atoms with Crippen molar-refractivity contribution in [2.45, 2.75) is 59.5 Å². The van der Waals surface area contributed by atoms with Gasteiger partial charge >= 0.3 is 5.97 Å². The number of rotatable bonds is 11. The molecule has 4 heteroatoms. The van der Waals surface area contributed by atoms with Crippen molar-refractivity contribution in [2.75, 3.05) is 19.8 Å². The van der Waals surface area contributed by atoms with Crippen LogP contribution in [0.3, 0.4) is 0 Å². The first-order valence-electron chi connectivity index (χ1n) is 7.43. The molecule has 0 aliphatic rings. The first-order valence-corrected chi connectivity index (χ1v) is 7.43. The maximum Gasteiger partial charge on any atom is 0.308 e. The second-order valence-electron chi connectivity index (χ2n) is 5.40. The molecular weight excluding hydrogens is 244 g/mol. The number of aliphatic hydroxyl groups excluding tert-OH is 1. The van der Waals surface area contributed by atoms with Crippen molar-refractivity contribution in [3.8, 4) is 0 Å². The fraction of sp³-hybridized carbons (Fsp3) is 0.933. The van der Waals surface area contributed by atoms with E-state index >= 15 is 0 Å². The van der Waals surface area contributed by atoms with Crippen molar-refractivity contribution >= 4 is 5.97 Å². The van der Waals surface area contributed by atoms with Crippen LogP contribution in [0.2, 0.25) is 0 Å². The normalized spacial score (nSPS) is 15.8. The molecule has 0 saturated heterocycles. The van der Waals surface area contributed by atoms with Gasteiger partial charge < -0.3 is 14.6 Å². The number of hydrogen-bond acceptors (Lipinski definition) is 4. The van der Waals surface area contributed by atoms with Crippen molar-refractivity contribution in [1.82, 2.24) is 0 Å². The fourth-order valence-electron chi connectivity index (χ4n) is 1.90. The molecule has 0 aliphatic heterocycles. The SMILES string of the molecule is CCCC(C)COCC(O)COC(=O)C(C)CCC. The molecule has 0 saturated carbocycles. The Labute approximate surface area is 117 Å². The molecule has 3 unspecified atom stereocenters. The highest BCUT2D eigenvalue weighted by Crippen LogP contribution is 2.08. The van der Waals surface area contributed by atoms with Gasteiger partial charge in [0, 0.05) is 6.61 Å². The molecule has 114 valence electrons. The van der Waals surface area contributed by atoms with E-state index in [4.69, 9.17) is 9.47 Å². The van der Waals surface area contributed by atoms with Gasteiger partial charge in [0.1, 0.15) is 12.7 Å². The molecule has 0 spiro atoms. The van der Waals surface area contributed by atoms with Crippen LogP contribution < -0.4 is 0 Å². The molecule has 0 aliphatic carbocycles. The van der Waals surface area contributed by atoms with E-state index in [0.717, 1.165) is 25.7 Å². The van der Waals surface area contributed by atoms with Gasteiger partial charge in [-0.05, 0) is 18.8 Å². The average Bonchev–Trinajstić information content (AvgIpc) is 2.36. The molecule has 0 amide bonds. The number of hydrogen-bond donors (Lipinski definition) is 1. The average molecular weight is 274 g/mol. The van der Waals surface area contributed by atoms with Crippen molar-refractivity contribution in [3.05, 3.63) is 0 Å². The van der Waals surface area contributed by atoms with E-state index in [2.05, 4.69) is 13.8 Å². The van der Waals surface area contributed by atoms with Gasteiger partial charge in [-0.15, -0.1) is 0 Å². The zero-order valence-corrected chi connectivity index (χ0v) is 12.9. The van der Waals surface area contributed by atoms with Crippen molar-refractivity contribution in [1.29, 1.82) is 0 Å². The second kappa shape index (κ2) is 11.2. The Morgan fingerprint density at radius 2 is 1.68 bits per heavy atom. The molecule has 3 atom stereocenters. The van der Waals surface area contributed by atoms with Crippen molar-refractivity contribution in [2.24, 2.45) is 11.8 Å². The summed E-state index contributed by atoms with van der Waals surface area (Å²) in [4.78, 5) is 11.5. The van der Waals surface area contributed by atoms with Crippen LogP contribution in [0.25, 0.3) is 0 Å². The molecule has 4 nitrogen and oxygen atoms in total. The summed E-state index contributed by atoms with van der Waals surface area (Å²) in [6.07, 6.45) is 3.31. The molecule has 0 aromatic heterocycles. The van der Waals surface area contributed by atoms with E-state index in [1.807, 2.05) is 13.8 Å². The molecule has 0 aromatic carbocycles. The predicted octanol–water partition coefficient (Wildman–Crippen LogP) is 2.78. The van der Waals surface area contributed by atoms with E-state index in [9.17, 15) is 9.90 Å². The number of aliphatic hydroxyl groups is 1. The molecule has 19 heavy (non-hydrogen) atoms. The van der Waals surface area contributed by atoms with Crippen LogP contribution >= 0.6 is 0 Å². The smallest absolute Gasteiger partial charge is 0.308 e. The van der Waals surface area contributed by atoms with Crippen molar-refractivity contribution < 1.29 is 19.4 Å². The monoisotopic (exact) mass is 274 g/mol. The summed E-state index contributed by atoms with van der Waals surface area (Å²) in [6, 6.07) is 0. The Kier molecular flexibility index (Phi) is 10.9. The molecular formula is C15H30O4. The number of carbonyl (C=O) groups is 1. The summed E-state index contributed by atoms with van der Waals surface area (Å²) >= 11 is 0. The van der Waals surface area contributed by atoms with Gasteiger partial charge in [-0.1, -0.05) is 40.5 Å². The van der Waals surface area contributed by atoms with E-state index in [0.29, 0.717) is 12.5 Å². The minimum absolute atomic E-state index is 0.0229. The largest absolute Gasteiger partial charge is 0.463 e. The van der Waals surface area contributed by atoms with Gasteiger partial charge in [-0.3, -0.25) is 4.79 Å². The first-order chi connectivity index (χ1) is 9.01. The standard InChI is InChI=1S/C15H30O4/c1-5-7-12(3)9-18-10-14(16)11-19-15(17)13(4)8-6-2/h12-14,16H,5-11H2,1-4H3. The molecule has 0 rings (SSSR count). The van der Waals surface area contributed by atoms with Gasteiger partial charge in [0.05, 0.1) is 12.5 Å². The lowest BCUT2D eigenvalue weighted by Gasteiger charge is -2.16. The summed E-state index contributed by atoms with van der Waals surface area (Å²) in [5.74, 6) is 0.173. The zero-order chi connectivity index (χ0) is 14.7. The van der Waals surface area contributed by atoms with Gasteiger partial charge in [-0.2, -0.15) is 0 Å². The van der Waals surface area contributed by atoms with E-state index < -0.39 is 6.10 Å². The maximum absolute atomic E-state index is 11.5. The summed E-state index contributed by atoms with van der Waals surface area (Å²) in [5, 5.41) is 9.65. The molecule has 1 N–H and O–H groups in total. The van der Waals surface area contributed by atoms with Crippen LogP contribution in [0.15, 0.2) is 0 Å². The summed E-state index contributed by atoms with van der Waals surface area (Å²) in [7, 11) is 0. The summed E-state index contributed by atoms with van der Waals surface area (Å²) in [5.41, 5.74) is 0. The fourth-order valence-corrected chi connectivity index (χ4v) is 1.90. The zero-order valence-electron chi connectivity index (χ0n) is 12.9. The highest BCUT2D eigenvalue weighted by atomic mass is 16.5. The second-order valence-corrected chi connectivity index (χ2v) is 5.40. The number of carbonyl (C=O) groups excluding carboxylic acids is 1.